The second-order valence-corrected chi connectivity index (χ2v) is 3.34. The molecule has 0 aromatic heterocycles. The maximum Gasteiger partial charge on any atom is 0.335 e. The molecule has 1 aliphatic heterocycles. The van der Waals surface area contributed by atoms with Crippen LogP contribution in [0.4, 0.5) is 0 Å². The molecule has 2 N–H and O–H groups in total. The van der Waals surface area contributed by atoms with Gasteiger partial charge in [0.15, 0.2) is 5.60 Å². The Bertz CT molecular complexity index is 170. The second kappa shape index (κ2) is 3.41. The summed E-state index contributed by atoms with van der Waals surface area (Å²) in [6, 6.07) is 0. The van der Waals surface area contributed by atoms with Crippen molar-refractivity contribution in [3.8, 4) is 0 Å². The number of ether oxygens (including phenoxy) is 1. The summed E-state index contributed by atoms with van der Waals surface area (Å²) in [4.78, 5) is 10.6. The Hall–Kier alpha value is -0.610. The second-order valence-electron chi connectivity index (χ2n) is 3.34. The Morgan fingerprint density at radius 1 is 1.50 bits per heavy atom. The SMILES string of the molecule is C[C@](O)(C(=O)O)C1CCOCC1. The predicted octanol–water partition coefficient (Wildman–Crippen LogP) is 0.249. The number of aliphatic carboxylic acids is 1. The lowest BCUT2D eigenvalue weighted by molar-refractivity contribution is -0.166. The maximum absolute atomic E-state index is 10.6. The van der Waals surface area contributed by atoms with Crippen molar-refractivity contribution in [2.24, 2.45) is 5.92 Å². The molecule has 0 bridgehead atoms. The molecule has 70 valence electrons. The van der Waals surface area contributed by atoms with E-state index in [4.69, 9.17) is 9.84 Å². The van der Waals surface area contributed by atoms with Gasteiger partial charge in [-0.3, -0.25) is 0 Å². The number of carboxylic acids is 1. The number of carbonyl (C=O) groups is 1. The Kier molecular flexibility index (Phi) is 2.69. The van der Waals surface area contributed by atoms with Gasteiger partial charge in [-0.15, -0.1) is 0 Å². The van der Waals surface area contributed by atoms with Gasteiger partial charge in [-0.05, 0) is 19.8 Å². The summed E-state index contributed by atoms with van der Waals surface area (Å²) >= 11 is 0. The lowest BCUT2D eigenvalue weighted by Gasteiger charge is -2.31. The van der Waals surface area contributed by atoms with Crippen molar-refractivity contribution >= 4 is 5.97 Å². The molecule has 4 nitrogen and oxygen atoms in total. The van der Waals surface area contributed by atoms with Crippen molar-refractivity contribution in [3.63, 3.8) is 0 Å². The van der Waals surface area contributed by atoms with Crippen LogP contribution < -0.4 is 0 Å². The van der Waals surface area contributed by atoms with Gasteiger partial charge in [0.25, 0.3) is 0 Å². The van der Waals surface area contributed by atoms with Gasteiger partial charge in [0, 0.05) is 19.1 Å². The van der Waals surface area contributed by atoms with Gasteiger partial charge >= 0.3 is 5.97 Å². The molecule has 1 atom stereocenters. The van der Waals surface area contributed by atoms with Gasteiger partial charge in [-0.25, -0.2) is 4.79 Å². The molecule has 0 aromatic rings. The normalized spacial score (nSPS) is 24.8. The third kappa shape index (κ3) is 1.76. The summed E-state index contributed by atoms with van der Waals surface area (Å²) in [5.41, 5.74) is -1.59. The van der Waals surface area contributed by atoms with E-state index >= 15 is 0 Å². The molecule has 0 aliphatic carbocycles. The van der Waals surface area contributed by atoms with E-state index in [-0.39, 0.29) is 5.92 Å². The van der Waals surface area contributed by atoms with Crippen molar-refractivity contribution in [1.29, 1.82) is 0 Å². The van der Waals surface area contributed by atoms with Crippen molar-refractivity contribution in [2.45, 2.75) is 25.4 Å². The Morgan fingerprint density at radius 3 is 2.42 bits per heavy atom. The Balaban J connectivity index is 2.59. The molecule has 1 saturated heterocycles. The summed E-state index contributed by atoms with van der Waals surface area (Å²) < 4.78 is 5.07. The number of aliphatic hydroxyl groups is 1. The monoisotopic (exact) mass is 174 g/mol. The molecule has 0 unspecified atom stereocenters. The number of hydrogen-bond acceptors (Lipinski definition) is 3. The molecular weight excluding hydrogens is 160 g/mol. The zero-order chi connectivity index (χ0) is 9.19. The fraction of sp³-hybridized carbons (Fsp3) is 0.875. The van der Waals surface area contributed by atoms with Gasteiger partial charge in [-0.1, -0.05) is 0 Å². The number of rotatable bonds is 2. The van der Waals surface area contributed by atoms with E-state index < -0.39 is 11.6 Å². The van der Waals surface area contributed by atoms with Gasteiger partial charge in [0.05, 0.1) is 0 Å². The largest absolute Gasteiger partial charge is 0.479 e. The highest BCUT2D eigenvalue weighted by Crippen LogP contribution is 2.27. The van der Waals surface area contributed by atoms with Crippen LogP contribution in [0.25, 0.3) is 0 Å². The van der Waals surface area contributed by atoms with Crippen LogP contribution >= 0.6 is 0 Å². The molecule has 1 aliphatic rings. The van der Waals surface area contributed by atoms with Gasteiger partial charge in [-0.2, -0.15) is 0 Å². The lowest BCUT2D eigenvalue weighted by atomic mass is 9.83. The highest BCUT2D eigenvalue weighted by molar-refractivity contribution is 5.76. The molecule has 0 amide bonds. The lowest BCUT2D eigenvalue weighted by Crippen LogP contribution is -2.45. The maximum atomic E-state index is 10.6. The zero-order valence-corrected chi connectivity index (χ0v) is 7.12. The molecule has 1 heterocycles. The fourth-order valence-electron chi connectivity index (χ4n) is 1.43. The zero-order valence-electron chi connectivity index (χ0n) is 7.12. The van der Waals surface area contributed by atoms with Crippen LogP contribution in [-0.4, -0.2) is 35.0 Å². The molecular formula is C8H14O4. The van der Waals surface area contributed by atoms with E-state index in [1.54, 1.807) is 0 Å². The molecule has 0 aromatic carbocycles. The fourth-order valence-corrected chi connectivity index (χ4v) is 1.43. The van der Waals surface area contributed by atoms with Gasteiger partial charge in [0.2, 0.25) is 0 Å². The van der Waals surface area contributed by atoms with Crippen LogP contribution in [0.3, 0.4) is 0 Å². The average Bonchev–Trinajstić information content (AvgIpc) is 2.06. The topological polar surface area (TPSA) is 66.8 Å². The Labute approximate surface area is 71.2 Å². The van der Waals surface area contributed by atoms with E-state index in [0.717, 1.165) is 0 Å². The third-order valence-corrected chi connectivity index (χ3v) is 2.45. The quantitative estimate of drug-likeness (QED) is 0.629. The standard InChI is InChI=1S/C8H14O4/c1-8(11,7(9)10)6-2-4-12-5-3-6/h6,11H,2-5H2,1H3,(H,9,10)/t8-/m1/s1. The van der Waals surface area contributed by atoms with E-state index in [1.807, 2.05) is 0 Å². The first-order valence-electron chi connectivity index (χ1n) is 4.08. The molecule has 0 spiro atoms. The first-order valence-corrected chi connectivity index (χ1v) is 4.08. The summed E-state index contributed by atoms with van der Waals surface area (Å²) in [6.45, 7) is 2.45. The Morgan fingerprint density at radius 2 is 2.00 bits per heavy atom. The molecule has 0 radical (unpaired) electrons. The van der Waals surface area contributed by atoms with Crippen LogP contribution in [-0.2, 0) is 9.53 Å². The van der Waals surface area contributed by atoms with Crippen LogP contribution in [0.1, 0.15) is 19.8 Å². The summed E-state index contributed by atoms with van der Waals surface area (Å²) in [6.07, 6.45) is 1.25. The highest BCUT2D eigenvalue weighted by atomic mass is 16.5. The summed E-state index contributed by atoms with van der Waals surface area (Å²) in [5.74, 6) is -1.32. The van der Waals surface area contributed by atoms with Gasteiger partial charge in [0.1, 0.15) is 0 Å². The highest BCUT2D eigenvalue weighted by Gasteiger charge is 2.39. The molecule has 0 saturated carbocycles. The summed E-state index contributed by atoms with van der Waals surface area (Å²) in [7, 11) is 0. The molecule has 1 rings (SSSR count). The molecule has 4 heteroatoms. The first-order chi connectivity index (χ1) is 5.55. The minimum absolute atomic E-state index is 0.177. The number of hydrogen-bond donors (Lipinski definition) is 2. The molecule has 1 fully saturated rings. The van der Waals surface area contributed by atoms with Crippen molar-refractivity contribution in [2.75, 3.05) is 13.2 Å². The van der Waals surface area contributed by atoms with Crippen LogP contribution in [0.2, 0.25) is 0 Å². The van der Waals surface area contributed by atoms with Crippen LogP contribution in [0, 0.1) is 5.92 Å². The smallest absolute Gasteiger partial charge is 0.335 e. The van der Waals surface area contributed by atoms with Crippen molar-refractivity contribution in [1.82, 2.24) is 0 Å². The van der Waals surface area contributed by atoms with Crippen molar-refractivity contribution in [3.05, 3.63) is 0 Å². The van der Waals surface area contributed by atoms with Gasteiger partial charge < -0.3 is 14.9 Å². The third-order valence-electron chi connectivity index (χ3n) is 2.45. The average molecular weight is 174 g/mol. The van der Waals surface area contributed by atoms with Crippen LogP contribution in [0.5, 0.6) is 0 Å². The minimum Gasteiger partial charge on any atom is -0.479 e. The first kappa shape index (κ1) is 9.48. The van der Waals surface area contributed by atoms with Crippen molar-refractivity contribution < 1.29 is 19.7 Å². The summed E-state index contributed by atoms with van der Waals surface area (Å²) in [5, 5.41) is 18.3. The van der Waals surface area contributed by atoms with E-state index in [2.05, 4.69) is 0 Å². The van der Waals surface area contributed by atoms with E-state index in [1.165, 1.54) is 6.92 Å². The minimum atomic E-state index is -1.59. The van der Waals surface area contributed by atoms with Crippen LogP contribution in [0.15, 0.2) is 0 Å². The predicted molar refractivity (Wildman–Crippen MR) is 41.8 cm³/mol. The van der Waals surface area contributed by atoms with E-state index in [9.17, 15) is 9.90 Å². The van der Waals surface area contributed by atoms with E-state index in [0.29, 0.717) is 26.1 Å². The molecule has 12 heavy (non-hydrogen) atoms. The number of carboxylic acid groups (broad SMARTS) is 1.